The number of carbonyl (C=O) groups excluding carboxylic acids is 2. The lowest BCUT2D eigenvalue weighted by atomic mass is 10.2. The van der Waals surface area contributed by atoms with Crippen LogP contribution in [-0.2, 0) is 9.53 Å². The third-order valence-electron chi connectivity index (χ3n) is 4.28. The van der Waals surface area contributed by atoms with Gasteiger partial charge in [0.25, 0.3) is 5.91 Å². The molecule has 1 aromatic heterocycles. The van der Waals surface area contributed by atoms with E-state index in [9.17, 15) is 9.59 Å². The lowest BCUT2D eigenvalue weighted by molar-refractivity contribution is -0.119. The first-order valence-corrected chi connectivity index (χ1v) is 9.87. The molecule has 0 aliphatic carbocycles. The van der Waals surface area contributed by atoms with Crippen LogP contribution in [0.2, 0.25) is 0 Å². The maximum atomic E-state index is 12.4. The number of benzene rings is 3. The molecular formula is C23H18N2O3S. The predicted octanol–water partition coefficient (Wildman–Crippen LogP) is 5.11. The minimum Gasteiger partial charge on any atom is -0.452 e. The van der Waals surface area contributed by atoms with Gasteiger partial charge in [0.15, 0.2) is 6.61 Å². The Balaban J connectivity index is 1.39. The Kier molecular flexibility index (Phi) is 5.63. The average molecular weight is 402 g/mol. The Morgan fingerprint density at radius 1 is 0.897 bits per heavy atom. The van der Waals surface area contributed by atoms with Crippen LogP contribution in [0.25, 0.3) is 10.9 Å². The molecule has 0 saturated carbocycles. The number of ether oxygens (including phenoxy) is 1. The summed E-state index contributed by atoms with van der Waals surface area (Å²) in [6, 6.07) is 24.9. The van der Waals surface area contributed by atoms with E-state index in [-0.39, 0.29) is 12.5 Å². The average Bonchev–Trinajstić information content (AvgIpc) is 3.18. The summed E-state index contributed by atoms with van der Waals surface area (Å²) in [5, 5.41) is 3.59. The number of carbonyl (C=O) groups is 2. The Bertz CT molecular complexity index is 1150. The van der Waals surface area contributed by atoms with Crippen LogP contribution in [0.3, 0.4) is 0 Å². The molecule has 29 heavy (non-hydrogen) atoms. The molecule has 6 heteroatoms. The van der Waals surface area contributed by atoms with Gasteiger partial charge in [-0.15, -0.1) is 0 Å². The molecule has 0 fully saturated rings. The molecule has 1 heterocycles. The highest BCUT2D eigenvalue weighted by molar-refractivity contribution is 7.99. The van der Waals surface area contributed by atoms with Crippen molar-refractivity contribution in [2.45, 2.75) is 9.79 Å². The summed E-state index contributed by atoms with van der Waals surface area (Å²) in [5.41, 5.74) is 1.93. The fraction of sp³-hybridized carbons (Fsp3) is 0.0435. The topological polar surface area (TPSA) is 71.2 Å². The van der Waals surface area contributed by atoms with Crippen molar-refractivity contribution in [1.29, 1.82) is 0 Å². The van der Waals surface area contributed by atoms with Crippen molar-refractivity contribution < 1.29 is 14.3 Å². The molecule has 0 atom stereocenters. The molecule has 0 spiro atoms. The van der Waals surface area contributed by atoms with Gasteiger partial charge in [0, 0.05) is 26.9 Å². The maximum absolute atomic E-state index is 12.4. The normalized spacial score (nSPS) is 10.6. The zero-order valence-electron chi connectivity index (χ0n) is 15.4. The van der Waals surface area contributed by atoms with E-state index in [0.717, 1.165) is 20.7 Å². The van der Waals surface area contributed by atoms with Gasteiger partial charge < -0.3 is 15.0 Å². The van der Waals surface area contributed by atoms with Crippen molar-refractivity contribution in [3.05, 3.63) is 90.6 Å². The molecule has 144 valence electrons. The highest BCUT2D eigenvalue weighted by atomic mass is 32.2. The number of aromatic nitrogens is 1. The SMILES string of the molecule is O=C(COC(=O)c1c[nH]c2ccccc12)Nc1ccccc1Sc1ccccc1. The van der Waals surface area contributed by atoms with Crippen LogP contribution in [0.1, 0.15) is 10.4 Å². The van der Waals surface area contributed by atoms with Gasteiger partial charge in [0.05, 0.1) is 11.3 Å². The summed E-state index contributed by atoms with van der Waals surface area (Å²) in [4.78, 5) is 29.7. The van der Waals surface area contributed by atoms with E-state index in [0.29, 0.717) is 11.3 Å². The minimum absolute atomic E-state index is 0.358. The summed E-state index contributed by atoms with van der Waals surface area (Å²) in [6.45, 7) is -0.358. The zero-order valence-corrected chi connectivity index (χ0v) is 16.2. The molecule has 4 rings (SSSR count). The number of hydrogen-bond donors (Lipinski definition) is 2. The lowest BCUT2D eigenvalue weighted by Crippen LogP contribution is -2.21. The highest BCUT2D eigenvalue weighted by Crippen LogP contribution is 2.33. The Morgan fingerprint density at radius 3 is 2.48 bits per heavy atom. The molecule has 0 radical (unpaired) electrons. The first-order chi connectivity index (χ1) is 14.2. The quantitative estimate of drug-likeness (QED) is 0.440. The molecule has 5 nitrogen and oxygen atoms in total. The van der Waals surface area contributed by atoms with Gasteiger partial charge in [-0.05, 0) is 30.3 Å². The van der Waals surface area contributed by atoms with Crippen LogP contribution >= 0.6 is 11.8 Å². The number of anilines is 1. The van der Waals surface area contributed by atoms with E-state index in [2.05, 4.69) is 10.3 Å². The van der Waals surface area contributed by atoms with Gasteiger partial charge in [0.2, 0.25) is 0 Å². The van der Waals surface area contributed by atoms with Gasteiger partial charge in [-0.3, -0.25) is 4.79 Å². The number of para-hydroxylation sites is 2. The van der Waals surface area contributed by atoms with Crippen LogP contribution < -0.4 is 5.32 Å². The molecule has 0 bridgehead atoms. The minimum atomic E-state index is -0.537. The Hall–Kier alpha value is -3.51. The molecule has 0 saturated heterocycles. The molecule has 0 unspecified atom stereocenters. The molecule has 4 aromatic rings. The fourth-order valence-corrected chi connectivity index (χ4v) is 3.83. The second-order valence-corrected chi connectivity index (χ2v) is 7.40. The van der Waals surface area contributed by atoms with Crippen LogP contribution in [-0.4, -0.2) is 23.5 Å². The van der Waals surface area contributed by atoms with E-state index in [1.807, 2.05) is 78.9 Å². The number of esters is 1. The fourth-order valence-electron chi connectivity index (χ4n) is 2.91. The third kappa shape index (κ3) is 4.50. The number of H-pyrrole nitrogens is 1. The van der Waals surface area contributed by atoms with E-state index in [1.54, 1.807) is 18.0 Å². The Morgan fingerprint density at radius 2 is 1.62 bits per heavy atom. The number of nitrogens with one attached hydrogen (secondary N) is 2. The van der Waals surface area contributed by atoms with Gasteiger partial charge in [-0.25, -0.2) is 4.79 Å². The highest BCUT2D eigenvalue weighted by Gasteiger charge is 2.15. The molecular weight excluding hydrogens is 384 g/mol. The van der Waals surface area contributed by atoms with Gasteiger partial charge in [-0.2, -0.15) is 0 Å². The van der Waals surface area contributed by atoms with Gasteiger partial charge in [-0.1, -0.05) is 60.3 Å². The van der Waals surface area contributed by atoms with Crippen LogP contribution in [0.15, 0.2) is 94.9 Å². The number of aromatic amines is 1. The summed E-state index contributed by atoms with van der Waals surface area (Å²) < 4.78 is 5.21. The maximum Gasteiger partial charge on any atom is 0.340 e. The molecule has 0 aliphatic heterocycles. The molecule has 2 N–H and O–H groups in total. The second-order valence-electron chi connectivity index (χ2n) is 6.28. The number of hydrogen-bond acceptors (Lipinski definition) is 4. The number of rotatable bonds is 6. The summed E-state index contributed by atoms with van der Waals surface area (Å²) in [6.07, 6.45) is 1.59. The van der Waals surface area contributed by atoms with Crippen molar-refractivity contribution in [3.63, 3.8) is 0 Å². The summed E-state index contributed by atoms with van der Waals surface area (Å²) in [5.74, 6) is -0.927. The molecule has 0 aliphatic rings. The first kappa shape index (κ1) is 18.8. The van der Waals surface area contributed by atoms with Crippen LogP contribution in [0.5, 0.6) is 0 Å². The standard InChI is InChI=1S/C23H18N2O3S/c26-22(15-28-23(27)18-14-24-19-11-5-4-10-17(18)19)25-20-12-6-7-13-21(20)29-16-8-2-1-3-9-16/h1-14,24H,15H2,(H,25,26). The largest absolute Gasteiger partial charge is 0.452 e. The van der Waals surface area contributed by atoms with Gasteiger partial charge in [0.1, 0.15) is 0 Å². The van der Waals surface area contributed by atoms with E-state index in [4.69, 9.17) is 4.74 Å². The zero-order chi connectivity index (χ0) is 20.1. The second kappa shape index (κ2) is 8.67. The van der Waals surface area contributed by atoms with E-state index < -0.39 is 5.97 Å². The third-order valence-corrected chi connectivity index (χ3v) is 5.36. The first-order valence-electron chi connectivity index (χ1n) is 9.06. The van der Waals surface area contributed by atoms with Crippen molar-refractivity contribution in [3.8, 4) is 0 Å². The van der Waals surface area contributed by atoms with Crippen molar-refractivity contribution >= 4 is 40.2 Å². The molecule has 1 amide bonds. The van der Waals surface area contributed by atoms with Crippen molar-refractivity contribution in [1.82, 2.24) is 4.98 Å². The number of fused-ring (bicyclic) bond motifs is 1. The smallest absolute Gasteiger partial charge is 0.340 e. The monoisotopic (exact) mass is 402 g/mol. The number of amides is 1. The van der Waals surface area contributed by atoms with Gasteiger partial charge >= 0.3 is 5.97 Å². The summed E-state index contributed by atoms with van der Waals surface area (Å²) >= 11 is 1.55. The Labute approximate surface area is 172 Å². The lowest BCUT2D eigenvalue weighted by Gasteiger charge is -2.11. The summed E-state index contributed by atoms with van der Waals surface area (Å²) in [7, 11) is 0. The van der Waals surface area contributed by atoms with E-state index >= 15 is 0 Å². The van der Waals surface area contributed by atoms with E-state index in [1.165, 1.54) is 0 Å². The molecule has 3 aromatic carbocycles. The van der Waals surface area contributed by atoms with Crippen LogP contribution in [0, 0.1) is 0 Å². The van der Waals surface area contributed by atoms with Crippen molar-refractivity contribution in [2.24, 2.45) is 0 Å². The predicted molar refractivity (Wildman–Crippen MR) is 114 cm³/mol. The van der Waals surface area contributed by atoms with Crippen molar-refractivity contribution in [2.75, 3.05) is 11.9 Å². The van der Waals surface area contributed by atoms with Crippen LogP contribution in [0.4, 0.5) is 5.69 Å².